The van der Waals surface area contributed by atoms with Crippen LogP contribution in [0.25, 0.3) is 0 Å². The van der Waals surface area contributed by atoms with Crippen LogP contribution in [0, 0.1) is 25.2 Å². The van der Waals surface area contributed by atoms with Gasteiger partial charge in [0.1, 0.15) is 5.41 Å². The first-order valence-electron chi connectivity index (χ1n) is 9.57. The summed E-state index contributed by atoms with van der Waals surface area (Å²) in [6, 6.07) is 0.545. The Balaban J connectivity index is 1.46. The number of aliphatic carboxylic acids is 1. The summed E-state index contributed by atoms with van der Waals surface area (Å²) in [5.41, 5.74) is 0.136. The summed E-state index contributed by atoms with van der Waals surface area (Å²) in [5.74, 6) is -0.642. The van der Waals surface area contributed by atoms with Crippen LogP contribution in [0.2, 0.25) is 0 Å². The number of hydrogen-bond donors (Lipinski definition) is 1. The van der Waals surface area contributed by atoms with Gasteiger partial charge in [-0.25, -0.2) is 4.98 Å². The third-order valence-corrected chi connectivity index (χ3v) is 7.64. The Hall–Kier alpha value is -1.47. The molecule has 2 atom stereocenters. The predicted molar refractivity (Wildman–Crippen MR) is 99.3 cm³/mol. The molecular weight excluding hydrogens is 350 g/mol. The van der Waals surface area contributed by atoms with Gasteiger partial charge in [-0.2, -0.15) is 0 Å². The standard InChI is InChI=1S/C19H27N3O3S/c1-12-16(26-13(2)20-12)7-17(23)22-9-14-8-21(15-5-3-4-6-15)10-19(14,11-22)18(24)25/h14-15H,3-11H2,1-2H3,(H,24,25)/t14-,19-/m0/s1. The second-order valence-corrected chi connectivity index (χ2v) is 9.51. The summed E-state index contributed by atoms with van der Waals surface area (Å²) in [6.07, 6.45) is 5.23. The van der Waals surface area contributed by atoms with Gasteiger partial charge in [0, 0.05) is 43.0 Å². The van der Waals surface area contributed by atoms with Gasteiger partial charge in [-0.3, -0.25) is 14.5 Å². The number of hydrogen-bond acceptors (Lipinski definition) is 5. The van der Waals surface area contributed by atoms with E-state index in [-0.39, 0.29) is 11.8 Å². The maximum Gasteiger partial charge on any atom is 0.313 e. The van der Waals surface area contributed by atoms with Crippen LogP contribution in [-0.4, -0.2) is 64.0 Å². The zero-order chi connectivity index (χ0) is 18.5. The van der Waals surface area contributed by atoms with E-state index in [2.05, 4.69) is 9.88 Å². The summed E-state index contributed by atoms with van der Waals surface area (Å²) in [7, 11) is 0. The van der Waals surface area contributed by atoms with Gasteiger partial charge in [0.2, 0.25) is 5.91 Å². The lowest BCUT2D eigenvalue weighted by molar-refractivity contribution is -0.149. The second kappa shape index (κ2) is 6.60. The number of likely N-dealkylation sites (tertiary alicyclic amines) is 2. The molecule has 1 amide bonds. The monoisotopic (exact) mass is 377 g/mol. The SMILES string of the molecule is Cc1nc(C)c(CC(=O)N2C[C@@H]3CN(C4CCCC4)C[C@]3(C(=O)O)C2)s1. The molecule has 26 heavy (non-hydrogen) atoms. The molecule has 1 aliphatic carbocycles. The number of thiazole rings is 1. The first-order valence-corrected chi connectivity index (χ1v) is 10.4. The number of carboxylic acids is 1. The van der Waals surface area contributed by atoms with Gasteiger partial charge < -0.3 is 10.0 Å². The van der Waals surface area contributed by atoms with E-state index in [1.807, 2.05) is 13.8 Å². The maximum atomic E-state index is 12.8. The number of aryl methyl sites for hydroxylation is 2. The van der Waals surface area contributed by atoms with Crippen molar-refractivity contribution in [1.29, 1.82) is 0 Å². The largest absolute Gasteiger partial charge is 0.481 e. The van der Waals surface area contributed by atoms with E-state index in [4.69, 9.17) is 0 Å². The Labute approximate surface area is 158 Å². The van der Waals surface area contributed by atoms with Crippen LogP contribution in [0.15, 0.2) is 0 Å². The number of carbonyl (C=O) groups is 2. The molecule has 6 nitrogen and oxygen atoms in total. The highest BCUT2D eigenvalue weighted by Crippen LogP contribution is 2.45. The van der Waals surface area contributed by atoms with E-state index >= 15 is 0 Å². The molecule has 0 unspecified atom stereocenters. The quantitative estimate of drug-likeness (QED) is 0.870. The van der Waals surface area contributed by atoms with Gasteiger partial charge in [-0.15, -0.1) is 11.3 Å². The lowest BCUT2D eigenvalue weighted by Gasteiger charge is -2.28. The Morgan fingerprint density at radius 3 is 2.54 bits per heavy atom. The van der Waals surface area contributed by atoms with Gasteiger partial charge >= 0.3 is 5.97 Å². The Bertz CT molecular complexity index is 728. The van der Waals surface area contributed by atoms with Crippen molar-refractivity contribution in [3.63, 3.8) is 0 Å². The summed E-state index contributed by atoms with van der Waals surface area (Å²) < 4.78 is 0. The summed E-state index contributed by atoms with van der Waals surface area (Å²) >= 11 is 1.56. The van der Waals surface area contributed by atoms with E-state index in [0.29, 0.717) is 32.1 Å². The first-order chi connectivity index (χ1) is 12.4. The molecule has 3 fully saturated rings. The number of aromatic nitrogens is 1. The molecule has 1 aromatic heterocycles. The highest BCUT2D eigenvalue weighted by Gasteiger charge is 2.59. The highest BCUT2D eigenvalue weighted by atomic mass is 32.1. The first kappa shape index (κ1) is 17.9. The van der Waals surface area contributed by atoms with Gasteiger partial charge in [-0.1, -0.05) is 12.8 Å². The molecular formula is C19H27N3O3S. The van der Waals surface area contributed by atoms with Crippen LogP contribution in [0.5, 0.6) is 0 Å². The molecule has 1 aromatic rings. The Kier molecular flexibility index (Phi) is 4.55. The average Bonchev–Trinajstić information content (AvgIpc) is 3.30. The molecule has 2 saturated heterocycles. The molecule has 7 heteroatoms. The molecule has 4 rings (SSSR count). The van der Waals surface area contributed by atoms with E-state index < -0.39 is 11.4 Å². The fourth-order valence-corrected chi connectivity index (χ4v) is 6.06. The Morgan fingerprint density at radius 2 is 1.96 bits per heavy atom. The summed E-state index contributed by atoms with van der Waals surface area (Å²) in [4.78, 5) is 34.6. The van der Waals surface area contributed by atoms with Crippen molar-refractivity contribution in [1.82, 2.24) is 14.8 Å². The molecule has 0 spiro atoms. The van der Waals surface area contributed by atoms with Crippen molar-refractivity contribution >= 4 is 23.2 Å². The number of fused-ring (bicyclic) bond motifs is 1. The van der Waals surface area contributed by atoms with Gasteiger partial charge in [0.15, 0.2) is 0 Å². The number of amides is 1. The van der Waals surface area contributed by atoms with Crippen LogP contribution in [0.3, 0.4) is 0 Å². The zero-order valence-electron chi connectivity index (χ0n) is 15.5. The Morgan fingerprint density at radius 1 is 1.23 bits per heavy atom. The van der Waals surface area contributed by atoms with E-state index in [1.54, 1.807) is 16.2 Å². The third-order valence-electron chi connectivity index (χ3n) is 6.57. The minimum atomic E-state index is -0.781. The molecule has 3 heterocycles. The average molecular weight is 378 g/mol. The van der Waals surface area contributed by atoms with Crippen molar-refractivity contribution in [2.45, 2.75) is 52.0 Å². The third kappa shape index (κ3) is 2.95. The van der Waals surface area contributed by atoms with Gasteiger partial charge in [0.05, 0.1) is 17.1 Å². The molecule has 0 aromatic carbocycles. The maximum absolute atomic E-state index is 12.8. The molecule has 2 aliphatic heterocycles. The second-order valence-electron chi connectivity index (χ2n) is 8.22. The summed E-state index contributed by atoms with van der Waals surface area (Å²) in [6.45, 7) is 6.22. The van der Waals surface area contributed by atoms with Crippen molar-refractivity contribution < 1.29 is 14.7 Å². The van der Waals surface area contributed by atoms with Gasteiger partial charge in [0.25, 0.3) is 0 Å². The minimum Gasteiger partial charge on any atom is -0.481 e. The molecule has 0 radical (unpaired) electrons. The van der Waals surface area contributed by atoms with Crippen LogP contribution in [0.4, 0.5) is 0 Å². The van der Waals surface area contributed by atoms with Crippen LogP contribution < -0.4 is 0 Å². The molecule has 3 aliphatic rings. The molecule has 0 bridgehead atoms. The smallest absolute Gasteiger partial charge is 0.313 e. The normalized spacial score (nSPS) is 29.5. The highest BCUT2D eigenvalue weighted by molar-refractivity contribution is 7.11. The minimum absolute atomic E-state index is 0.0409. The van der Waals surface area contributed by atoms with Crippen LogP contribution in [0.1, 0.15) is 41.3 Å². The van der Waals surface area contributed by atoms with Crippen molar-refractivity contribution in [3.8, 4) is 0 Å². The number of carboxylic acid groups (broad SMARTS) is 1. The molecule has 1 N–H and O–H groups in total. The molecule has 1 saturated carbocycles. The number of nitrogens with zero attached hydrogens (tertiary/aromatic N) is 3. The van der Waals surface area contributed by atoms with Gasteiger partial charge in [-0.05, 0) is 26.7 Å². The van der Waals surface area contributed by atoms with E-state index in [9.17, 15) is 14.7 Å². The summed E-state index contributed by atoms with van der Waals surface area (Å²) in [5, 5.41) is 11.0. The fraction of sp³-hybridized carbons (Fsp3) is 0.737. The fourth-order valence-electron chi connectivity index (χ4n) is 5.13. The van der Waals surface area contributed by atoms with E-state index in [1.165, 1.54) is 25.7 Å². The zero-order valence-corrected chi connectivity index (χ0v) is 16.3. The van der Waals surface area contributed by atoms with Crippen molar-refractivity contribution in [3.05, 3.63) is 15.6 Å². The predicted octanol–water partition coefficient (Wildman–Crippen LogP) is 2.09. The molecule has 142 valence electrons. The number of rotatable bonds is 4. The number of carbonyl (C=O) groups excluding carboxylic acids is 1. The van der Waals surface area contributed by atoms with Crippen LogP contribution in [-0.2, 0) is 16.0 Å². The van der Waals surface area contributed by atoms with Crippen molar-refractivity contribution in [2.24, 2.45) is 11.3 Å². The lowest BCUT2D eigenvalue weighted by atomic mass is 9.81. The van der Waals surface area contributed by atoms with E-state index in [0.717, 1.165) is 22.1 Å². The van der Waals surface area contributed by atoms with Crippen LogP contribution >= 0.6 is 11.3 Å². The topological polar surface area (TPSA) is 73.7 Å². The lowest BCUT2D eigenvalue weighted by Crippen LogP contribution is -2.43. The van der Waals surface area contributed by atoms with Crippen molar-refractivity contribution in [2.75, 3.05) is 26.2 Å².